The first kappa shape index (κ1) is 18.5. The number of ether oxygens (including phenoxy) is 1. The van der Waals surface area contributed by atoms with Crippen LogP contribution in [0, 0.1) is 0 Å². The van der Waals surface area contributed by atoms with Crippen LogP contribution < -0.4 is 4.74 Å². The third-order valence-electron chi connectivity index (χ3n) is 4.86. The normalized spacial score (nSPS) is 21.5. The van der Waals surface area contributed by atoms with Gasteiger partial charge in [0.1, 0.15) is 5.75 Å². The first-order chi connectivity index (χ1) is 13.6. The predicted octanol–water partition coefficient (Wildman–Crippen LogP) is 4.52. The summed E-state index contributed by atoms with van der Waals surface area (Å²) in [5.41, 5.74) is 1.99. The highest BCUT2D eigenvalue weighted by Gasteiger charge is 2.54. The van der Waals surface area contributed by atoms with Crippen LogP contribution in [0.1, 0.15) is 17.2 Å². The zero-order chi connectivity index (χ0) is 19.6. The van der Waals surface area contributed by atoms with E-state index in [0.29, 0.717) is 4.90 Å². The van der Waals surface area contributed by atoms with Crippen LogP contribution in [0.3, 0.4) is 0 Å². The molecule has 1 saturated heterocycles. The fourth-order valence-corrected chi connectivity index (χ4v) is 5.10. The topological polar surface area (TPSA) is 46.4 Å². The molecule has 0 radical (unpaired) electrons. The predicted molar refractivity (Wildman–Crippen MR) is 110 cm³/mol. The van der Waals surface area contributed by atoms with Crippen molar-refractivity contribution in [3.05, 3.63) is 102 Å². The van der Waals surface area contributed by atoms with Gasteiger partial charge < -0.3 is 4.74 Å². The van der Waals surface area contributed by atoms with Gasteiger partial charge in [-0.2, -0.15) is 4.31 Å². The van der Waals surface area contributed by atoms with Crippen molar-refractivity contribution in [2.24, 2.45) is 0 Å². The second-order valence-corrected chi connectivity index (χ2v) is 8.47. The molecule has 0 spiro atoms. The third-order valence-corrected chi connectivity index (χ3v) is 6.76. The van der Waals surface area contributed by atoms with Gasteiger partial charge in [-0.1, -0.05) is 72.8 Å². The van der Waals surface area contributed by atoms with Crippen LogP contribution in [0.25, 0.3) is 6.08 Å². The average Bonchev–Trinajstić information content (AvgIpc) is 3.49. The van der Waals surface area contributed by atoms with E-state index in [1.54, 1.807) is 35.7 Å². The van der Waals surface area contributed by atoms with E-state index in [1.807, 2.05) is 72.8 Å². The molecule has 4 nitrogen and oxygen atoms in total. The highest BCUT2D eigenvalue weighted by Crippen LogP contribution is 2.48. The summed E-state index contributed by atoms with van der Waals surface area (Å²) < 4.78 is 33.2. The minimum absolute atomic E-state index is 0.223. The summed E-state index contributed by atoms with van der Waals surface area (Å²) in [4.78, 5) is 0.309. The maximum atomic E-state index is 13.2. The number of nitrogens with zero attached hydrogens (tertiary/aromatic N) is 1. The maximum absolute atomic E-state index is 13.2. The second kappa shape index (κ2) is 7.62. The molecule has 0 aromatic heterocycles. The number of rotatable bonds is 6. The SMILES string of the molecule is COc1ccc([C@@H]2[C@H](/C=C/c3ccccc3)N2S(=O)(=O)c2ccccc2)cc1. The lowest BCUT2D eigenvalue weighted by atomic mass is 10.1. The van der Waals surface area contributed by atoms with Gasteiger partial charge in [-0.15, -0.1) is 0 Å². The molecular formula is C23H21NO3S. The summed E-state index contributed by atoms with van der Waals surface area (Å²) in [6.45, 7) is 0. The summed E-state index contributed by atoms with van der Waals surface area (Å²) in [6, 6.07) is 25.6. The van der Waals surface area contributed by atoms with Gasteiger partial charge in [0.25, 0.3) is 0 Å². The van der Waals surface area contributed by atoms with Crippen molar-refractivity contribution < 1.29 is 13.2 Å². The van der Waals surface area contributed by atoms with Crippen LogP contribution in [0.5, 0.6) is 5.75 Å². The Labute approximate surface area is 165 Å². The van der Waals surface area contributed by atoms with Gasteiger partial charge in [-0.05, 0) is 35.4 Å². The lowest BCUT2D eigenvalue weighted by molar-refractivity contribution is 0.414. The molecule has 3 atom stereocenters. The van der Waals surface area contributed by atoms with Crippen molar-refractivity contribution in [2.45, 2.75) is 17.0 Å². The van der Waals surface area contributed by atoms with Crippen molar-refractivity contribution in [3.8, 4) is 5.75 Å². The molecule has 5 heteroatoms. The minimum atomic E-state index is -3.58. The van der Waals surface area contributed by atoms with Crippen molar-refractivity contribution in [2.75, 3.05) is 7.11 Å². The summed E-state index contributed by atoms with van der Waals surface area (Å²) >= 11 is 0. The summed E-state index contributed by atoms with van der Waals surface area (Å²) in [6.07, 6.45) is 3.94. The van der Waals surface area contributed by atoms with Gasteiger partial charge in [-0.3, -0.25) is 0 Å². The minimum Gasteiger partial charge on any atom is -0.497 e. The molecule has 3 aromatic carbocycles. The van der Waals surface area contributed by atoms with E-state index >= 15 is 0 Å². The number of hydrogen-bond acceptors (Lipinski definition) is 3. The van der Waals surface area contributed by atoms with E-state index in [9.17, 15) is 8.42 Å². The molecule has 1 heterocycles. The van der Waals surface area contributed by atoms with E-state index in [4.69, 9.17) is 4.74 Å². The van der Waals surface area contributed by atoms with E-state index in [2.05, 4.69) is 0 Å². The van der Waals surface area contributed by atoms with E-state index in [0.717, 1.165) is 16.9 Å². The number of hydrogen-bond donors (Lipinski definition) is 0. The zero-order valence-corrected chi connectivity index (χ0v) is 16.3. The molecule has 1 fully saturated rings. The molecule has 142 valence electrons. The van der Waals surface area contributed by atoms with Crippen LogP contribution in [0.4, 0.5) is 0 Å². The van der Waals surface area contributed by atoms with E-state index in [-0.39, 0.29) is 12.1 Å². The molecule has 3 aromatic rings. The molecule has 0 bridgehead atoms. The molecule has 1 aliphatic heterocycles. The molecule has 4 rings (SSSR count). The smallest absolute Gasteiger partial charge is 0.244 e. The summed E-state index contributed by atoms with van der Waals surface area (Å²) in [5.74, 6) is 0.748. The Morgan fingerprint density at radius 2 is 1.46 bits per heavy atom. The van der Waals surface area contributed by atoms with Crippen LogP contribution in [-0.4, -0.2) is 25.9 Å². The highest BCUT2D eigenvalue weighted by atomic mass is 32.2. The summed E-state index contributed by atoms with van der Waals surface area (Å²) in [5, 5.41) is 0. The van der Waals surface area contributed by atoms with Crippen LogP contribution in [-0.2, 0) is 10.0 Å². The van der Waals surface area contributed by atoms with Crippen LogP contribution in [0.15, 0.2) is 95.9 Å². The standard InChI is InChI=1S/C23H21NO3S/c1-27-20-15-13-19(14-16-20)23-22(17-12-18-8-4-2-5-9-18)24(23)28(25,26)21-10-6-3-7-11-21/h2-17,22-23H,1H3/b17-12+/t22-,23+,24?/m0/s1. The highest BCUT2D eigenvalue weighted by molar-refractivity contribution is 7.89. The van der Waals surface area contributed by atoms with Gasteiger partial charge >= 0.3 is 0 Å². The number of methoxy groups -OCH3 is 1. The molecule has 28 heavy (non-hydrogen) atoms. The van der Waals surface area contributed by atoms with Crippen molar-refractivity contribution in [1.82, 2.24) is 4.31 Å². The van der Waals surface area contributed by atoms with Crippen LogP contribution in [0.2, 0.25) is 0 Å². The molecule has 0 aliphatic carbocycles. The largest absolute Gasteiger partial charge is 0.497 e. The molecule has 0 amide bonds. The number of sulfonamides is 1. The molecule has 1 aliphatic rings. The van der Waals surface area contributed by atoms with Gasteiger partial charge in [0.15, 0.2) is 0 Å². The Kier molecular flexibility index (Phi) is 5.03. The Bertz CT molecular complexity index is 1060. The lowest BCUT2D eigenvalue weighted by Crippen LogP contribution is -2.14. The van der Waals surface area contributed by atoms with Crippen molar-refractivity contribution in [3.63, 3.8) is 0 Å². The van der Waals surface area contributed by atoms with E-state index < -0.39 is 10.0 Å². The first-order valence-corrected chi connectivity index (χ1v) is 10.5. The molecule has 1 unspecified atom stereocenters. The Morgan fingerprint density at radius 1 is 0.857 bits per heavy atom. The monoisotopic (exact) mass is 391 g/mol. The Balaban J connectivity index is 1.67. The first-order valence-electron chi connectivity index (χ1n) is 9.07. The van der Waals surface area contributed by atoms with Gasteiger partial charge in [0.05, 0.1) is 24.1 Å². The fourth-order valence-electron chi connectivity index (χ4n) is 3.36. The van der Waals surface area contributed by atoms with Crippen molar-refractivity contribution >= 4 is 16.1 Å². The summed E-state index contributed by atoms with van der Waals surface area (Å²) in [7, 11) is -1.97. The zero-order valence-electron chi connectivity index (χ0n) is 15.5. The van der Waals surface area contributed by atoms with E-state index in [1.165, 1.54) is 0 Å². The molecule has 0 saturated carbocycles. The maximum Gasteiger partial charge on any atom is 0.244 e. The van der Waals surface area contributed by atoms with Crippen LogP contribution >= 0.6 is 0 Å². The Hall–Kier alpha value is -2.89. The van der Waals surface area contributed by atoms with Gasteiger partial charge in [0, 0.05) is 0 Å². The third kappa shape index (κ3) is 3.59. The Morgan fingerprint density at radius 3 is 2.07 bits per heavy atom. The van der Waals surface area contributed by atoms with Gasteiger partial charge in [0.2, 0.25) is 10.0 Å². The quantitative estimate of drug-likeness (QED) is 0.580. The second-order valence-electron chi connectivity index (χ2n) is 6.63. The lowest BCUT2D eigenvalue weighted by Gasteiger charge is -2.07. The molecular weight excluding hydrogens is 370 g/mol. The van der Waals surface area contributed by atoms with Crippen molar-refractivity contribution in [1.29, 1.82) is 0 Å². The van der Waals surface area contributed by atoms with Gasteiger partial charge in [-0.25, -0.2) is 8.42 Å². The average molecular weight is 391 g/mol. The molecule has 0 N–H and O–H groups in total. The number of benzene rings is 3. The fraction of sp³-hybridized carbons (Fsp3) is 0.130.